The van der Waals surface area contributed by atoms with Gasteiger partial charge in [0.1, 0.15) is 0 Å². The lowest BCUT2D eigenvalue weighted by Crippen LogP contribution is -2.15. The van der Waals surface area contributed by atoms with Crippen LogP contribution in [0.3, 0.4) is 0 Å². The molecule has 0 aliphatic carbocycles. The molecule has 1 aliphatic heterocycles. The summed E-state index contributed by atoms with van der Waals surface area (Å²) in [5, 5.41) is 0. The molecule has 0 spiro atoms. The summed E-state index contributed by atoms with van der Waals surface area (Å²) in [6.45, 7) is 2.06. The second-order valence-corrected chi connectivity index (χ2v) is 6.47. The maximum absolute atomic E-state index is 12.4. The summed E-state index contributed by atoms with van der Waals surface area (Å²) < 4.78 is 0. The fraction of sp³-hybridized carbons (Fsp3) is 0.278. The second-order valence-electron chi connectivity index (χ2n) is 5.41. The molecule has 102 valence electrons. The Labute approximate surface area is 124 Å². The van der Waals surface area contributed by atoms with E-state index in [0.29, 0.717) is 5.92 Å². The zero-order chi connectivity index (χ0) is 13.9. The number of fused-ring (bicyclic) bond motifs is 1. The molecule has 2 unspecified atom stereocenters. The van der Waals surface area contributed by atoms with E-state index in [9.17, 15) is 4.79 Å². The smallest absolute Gasteiger partial charge is 0.165 e. The second kappa shape index (κ2) is 5.84. The first-order valence-corrected chi connectivity index (χ1v) is 8.05. The van der Waals surface area contributed by atoms with Crippen molar-refractivity contribution < 1.29 is 4.79 Å². The van der Waals surface area contributed by atoms with E-state index in [4.69, 9.17) is 0 Å². The van der Waals surface area contributed by atoms with Gasteiger partial charge in [-0.2, -0.15) is 0 Å². The first-order chi connectivity index (χ1) is 9.75. The van der Waals surface area contributed by atoms with Gasteiger partial charge in [-0.25, -0.2) is 0 Å². The Kier molecular flexibility index (Phi) is 3.93. The van der Waals surface area contributed by atoms with Crippen LogP contribution in [0.1, 0.15) is 35.2 Å². The highest BCUT2D eigenvalue weighted by atomic mass is 32.2. The highest BCUT2D eigenvalue weighted by Gasteiger charge is 2.26. The molecule has 1 nitrogen and oxygen atoms in total. The first kappa shape index (κ1) is 13.4. The van der Waals surface area contributed by atoms with Crippen molar-refractivity contribution in [3.8, 4) is 0 Å². The van der Waals surface area contributed by atoms with E-state index in [1.807, 2.05) is 42.1 Å². The fourth-order valence-corrected chi connectivity index (χ4v) is 4.12. The van der Waals surface area contributed by atoms with Crippen molar-refractivity contribution >= 4 is 17.5 Å². The number of ketones is 1. The molecule has 20 heavy (non-hydrogen) atoms. The number of Topliss-reactive ketones (excluding diaryl/α,β-unsaturated/α-hetero) is 1. The van der Waals surface area contributed by atoms with Gasteiger partial charge in [-0.1, -0.05) is 55.5 Å². The molecule has 0 saturated carbocycles. The van der Waals surface area contributed by atoms with Gasteiger partial charge in [0.05, 0.1) is 0 Å². The molecule has 0 fully saturated rings. The standard InChI is InChI=1S/C18H18OS/c1-13(18(19)14-7-3-2-4-8-14)11-15-12-20-17-10-6-5-9-16(15)17/h2-10,13,15H,11-12H2,1H3. The number of rotatable bonds is 4. The van der Waals surface area contributed by atoms with E-state index in [1.54, 1.807) is 0 Å². The Morgan fingerprint density at radius 1 is 1.15 bits per heavy atom. The van der Waals surface area contributed by atoms with Gasteiger partial charge in [0.15, 0.2) is 5.78 Å². The monoisotopic (exact) mass is 282 g/mol. The molecule has 0 saturated heterocycles. The van der Waals surface area contributed by atoms with E-state index in [-0.39, 0.29) is 11.7 Å². The minimum Gasteiger partial charge on any atom is -0.294 e. The molecule has 2 heteroatoms. The lowest BCUT2D eigenvalue weighted by Gasteiger charge is -2.16. The van der Waals surface area contributed by atoms with Crippen LogP contribution >= 0.6 is 11.8 Å². The average Bonchev–Trinajstić information content (AvgIpc) is 2.91. The number of benzene rings is 2. The van der Waals surface area contributed by atoms with E-state index < -0.39 is 0 Å². The van der Waals surface area contributed by atoms with Gasteiger partial charge in [0.25, 0.3) is 0 Å². The van der Waals surface area contributed by atoms with Crippen molar-refractivity contribution in [2.24, 2.45) is 5.92 Å². The number of hydrogen-bond acceptors (Lipinski definition) is 2. The molecule has 0 aromatic heterocycles. The normalized spacial score (nSPS) is 18.6. The van der Waals surface area contributed by atoms with Crippen molar-refractivity contribution in [3.63, 3.8) is 0 Å². The van der Waals surface area contributed by atoms with Gasteiger partial charge in [-0.3, -0.25) is 4.79 Å². The third-order valence-electron chi connectivity index (χ3n) is 3.94. The quantitative estimate of drug-likeness (QED) is 0.750. The lowest BCUT2D eigenvalue weighted by atomic mass is 9.87. The van der Waals surface area contributed by atoms with E-state index in [2.05, 4.69) is 31.2 Å². The maximum atomic E-state index is 12.4. The predicted molar refractivity (Wildman–Crippen MR) is 84.5 cm³/mol. The summed E-state index contributed by atoms with van der Waals surface area (Å²) in [5.74, 6) is 1.96. The Balaban J connectivity index is 1.71. The molecular formula is C18H18OS. The average molecular weight is 282 g/mol. The molecule has 0 radical (unpaired) electrons. The SMILES string of the molecule is CC(CC1CSc2ccccc21)C(=O)c1ccccc1. The number of carbonyl (C=O) groups excluding carboxylic acids is 1. The Morgan fingerprint density at radius 2 is 1.85 bits per heavy atom. The van der Waals surface area contributed by atoms with Crippen LogP contribution in [0.5, 0.6) is 0 Å². The number of thioether (sulfide) groups is 1. The van der Waals surface area contributed by atoms with Crippen molar-refractivity contribution in [2.75, 3.05) is 5.75 Å². The molecular weight excluding hydrogens is 264 g/mol. The molecule has 0 bridgehead atoms. The van der Waals surface area contributed by atoms with Crippen LogP contribution in [-0.2, 0) is 0 Å². The van der Waals surface area contributed by atoms with Crippen molar-refractivity contribution in [3.05, 3.63) is 65.7 Å². The summed E-state index contributed by atoms with van der Waals surface area (Å²) in [6.07, 6.45) is 0.942. The predicted octanol–water partition coefficient (Wildman–Crippen LogP) is 4.79. The minimum atomic E-state index is 0.0779. The summed E-state index contributed by atoms with van der Waals surface area (Å²) >= 11 is 1.91. The number of hydrogen-bond donors (Lipinski definition) is 0. The summed E-state index contributed by atoms with van der Waals surface area (Å²) in [7, 11) is 0. The van der Waals surface area contributed by atoms with Crippen molar-refractivity contribution in [1.29, 1.82) is 0 Å². The fourth-order valence-electron chi connectivity index (χ4n) is 2.85. The van der Waals surface area contributed by atoms with Crippen LogP contribution in [0.15, 0.2) is 59.5 Å². The highest BCUT2D eigenvalue weighted by molar-refractivity contribution is 7.99. The summed E-state index contributed by atoms with van der Waals surface area (Å²) in [4.78, 5) is 13.8. The van der Waals surface area contributed by atoms with Gasteiger partial charge in [0, 0.05) is 22.1 Å². The zero-order valence-corrected chi connectivity index (χ0v) is 12.4. The van der Waals surface area contributed by atoms with Crippen LogP contribution in [-0.4, -0.2) is 11.5 Å². The van der Waals surface area contributed by atoms with Crippen LogP contribution in [0.25, 0.3) is 0 Å². The van der Waals surface area contributed by atoms with Gasteiger partial charge >= 0.3 is 0 Å². The van der Waals surface area contributed by atoms with Gasteiger partial charge in [-0.15, -0.1) is 11.8 Å². The van der Waals surface area contributed by atoms with Crippen molar-refractivity contribution in [1.82, 2.24) is 0 Å². The molecule has 2 aromatic rings. The zero-order valence-electron chi connectivity index (χ0n) is 11.6. The van der Waals surface area contributed by atoms with Crippen LogP contribution in [0, 0.1) is 5.92 Å². The summed E-state index contributed by atoms with van der Waals surface area (Å²) in [6, 6.07) is 18.2. The Morgan fingerprint density at radius 3 is 2.65 bits per heavy atom. The van der Waals surface area contributed by atoms with Gasteiger partial charge in [0.2, 0.25) is 0 Å². The van der Waals surface area contributed by atoms with E-state index >= 15 is 0 Å². The molecule has 2 aromatic carbocycles. The summed E-state index contributed by atoms with van der Waals surface area (Å²) in [5.41, 5.74) is 2.25. The van der Waals surface area contributed by atoms with Gasteiger partial charge < -0.3 is 0 Å². The molecule has 0 N–H and O–H groups in total. The van der Waals surface area contributed by atoms with Gasteiger partial charge in [-0.05, 0) is 24.0 Å². The molecule has 0 amide bonds. The van der Waals surface area contributed by atoms with E-state index in [1.165, 1.54) is 10.5 Å². The first-order valence-electron chi connectivity index (χ1n) is 7.06. The van der Waals surface area contributed by atoms with Crippen LogP contribution in [0.2, 0.25) is 0 Å². The Hall–Kier alpha value is -1.54. The highest BCUT2D eigenvalue weighted by Crippen LogP contribution is 2.42. The molecule has 3 rings (SSSR count). The molecule has 1 aliphatic rings. The lowest BCUT2D eigenvalue weighted by molar-refractivity contribution is 0.0920. The minimum absolute atomic E-state index is 0.0779. The molecule has 1 heterocycles. The van der Waals surface area contributed by atoms with Crippen molar-refractivity contribution in [2.45, 2.75) is 24.2 Å². The third kappa shape index (κ3) is 2.66. The molecule has 2 atom stereocenters. The Bertz CT molecular complexity index is 606. The maximum Gasteiger partial charge on any atom is 0.165 e. The topological polar surface area (TPSA) is 17.1 Å². The van der Waals surface area contributed by atoms with Crippen LogP contribution in [0.4, 0.5) is 0 Å². The third-order valence-corrected chi connectivity index (χ3v) is 5.19. The van der Waals surface area contributed by atoms with E-state index in [0.717, 1.165) is 17.7 Å². The van der Waals surface area contributed by atoms with Crippen LogP contribution < -0.4 is 0 Å². The largest absolute Gasteiger partial charge is 0.294 e. The number of carbonyl (C=O) groups is 1.